The van der Waals surface area contributed by atoms with Crippen molar-refractivity contribution in [3.8, 4) is 11.3 Å². The van der Waals surface area contributed by atoms with Crippen LogP contribution in [0.1, 0.15) is 29.2 Å². The smallest absolute Gasteiger partial charge is 0.372 e. The number of halogens is 1. The lowest BCUT2D eigenvalue weighted by Gasteiger charge is -2.16. The monoisotopic (exact) mass is 320 g/mol. The summed E-state index contributed by atoms with van der Waals surface area (Å²) in [6.45, 7) is 0.750. The maximum Gasteiger partial charge on any atom is 0.372 e. The van der Waals surface area contributed by atoms with Gasteiger partial charge >= 0.3 is 5.97 Å². The fourth-order valence-electron chi connectivity index (χ4n) is 2.55. The lowest BCUT2D eigenvalue weighted by molar-refractivity contribution is 0.0677. The van der Waals surface area contributed by atoms with Crippen molar-refractivity contribution in [3.05, 3.63) is 40.3 Å². The number of imidazole rings is 1. The van der Waals surface area contributed by atoms with Gasteiger partial charge in [0.2, 0.25) is 5.82 Å². The van der Waals surface area contributed by atoms with Crippen LogP contribution in [0.2, 0.25) is 0 Å². The average molecular weight is 321 g/mol. The summed E-state index contributed by atoms with van der Waals surface area (Å²) in [6, 6.07) is 7.83. The van der Waals surface area contributed by atoms with E-state index in [2.05, 4.69) is 20.9 Å². The van der Waals surface area contributed by atoms with E-state index in [-0.39, 0.29) is 5.82 Å². The molecule has 2 heterocycles. The molecule has 0 saturated carbocycles. The Balaban J connectivity index is 2.16. The minimum atomic E-state index is -0.952. The van der Waals surface area contributed by atoms with Crippen molar-refractivity contribution < 1.29 is 9.90 Å². The van der Waals surface area contributed by atoms with E-state index in [0.717, 1.165) is 47.2 Å². The van der Waals surface area contributed by atoms with Gasteiger partial charge in [0, 0.05) is 22.3 Å². The fraction of sp³-hybridized carbons (Fsp3) is 0.286. The normalized spacial score (nSPS) is 14.2. The number of carbonyl (C=O) groups is 1. The molecule has 1 aromatic heterocycles. The van der Waals surface area contributed by atoms with Crippen LogP contribution in [0.15, 0.2) is 28.7 Å². The second-order valence-corrected chi connectivity index (χ2v) is 5.57. The third kappa shape index (κ3) is 2.18. The molecule has 19 heavy (non-hydrogen) atoms. The molecule has 98 valence electrons. The molecule has 0 radical (unpaired) electrons. The number of benzene rings is 1. The Morgan fingerprint density at radius 1 is 1.26 bits per heavy atom. The predicted molar refractivity (Wildman–Crippen MR) is 75.3 cm³/mol. The van der Waals surface area contributed by atoms with Gasteiger partial charge < -0.3 is 9.67 Å². The number of rotatable bonds is 2. The zero-order valence-corrected chi connectivity index (χ0v) is 11.9. The van der Waals surface area contributed by atoms with E-state index in [1.807, 2.05) is 28.8 Å². The van der Waals surface area contributed by atoms with Gasteiger partial charge in [0.1, 0.15) is 0 Å². The standard InChI is InChI=1S/C14H13BrN2O2/c15-10-6-4-9(5-7-10)12-11-3-1-2-8-17(11)13(16-12)14(18)19/h4-7H,1-3,8H2,(H,18,19). The lowest BCUT2D eigenvalue weighted by atomic mass is 10.0. The summed E-state index contributed by atoms with van der Waals surface area (Å²) in [5.41, 5.74) is 2.83. The van der Waals surface area contributed by atoms with Crippen LogP contribution in [0.5, 0.6) is 0 Å². The molecule has 2 aromatic rings. The van der Waals surface area contributed by atoms with Gasteiger partial charge in [0.15, 0.2) is 0 Å². The molecule has 1 aromatic carbocycles. The average Bonchev–Trinajstić information content (AvgIpc) is 2.79. The molecule has 0 saturated heterocycles. The molecule has 5 heteroatoms. The van der Waals surface area contributed by atoms with Crippen LogP contribution in [0, 0.1) is 0 Å². The maximum atomic E-state index is 11.3. The topological polar surface area (TPSA) is 55.1 Å². The minimum Gasteiger partial charge on any atom is -0.475 e. The van der Waals surface area contributed by atoms with Crippen molar-refractivity contribution in [2.45, 2.75) is 25.8 Å². The van der Waals surface area contributed by atoms with Gasteiger partial charge in [-0.15, -0.1) is 0 Å². The number of aromatic nitrogens is 2. The largest absolute Gasteiger partial charge is 0.475 e. The van der Waals surface area contributed by atoms with E-state index in [9.17, 15) is 9.90 Å². The Morgan fingerprint density at radius 3 is 2.68 bits per heavy atom. The van der Waals surface area contributed by atoms with Crippen LogP contribution in [-0.2, 0) is 13.0 Å². The minimum absolute atomic E-state index is 0.160. The lowest BCUT2D eigenvalue weighted by Crippen LogP contribution is -2.16. The first-order valence-corrected chi connectivity index (χ1v) is 7.05. The Hall–Kier alpha value is -1.62. The van der Waals surface area contributed by atoms with Crippen LogP contribution in [0.25, 0.3) is 11.3 Å². The highest BCUT2D eigenvalue weighted by molar-refractivity contribution is 9.10. The Labute approximate surface area is 119 Å². The molecular weight excluding hydrogens is 308 g/mol. The van der Waals surface area contributed by atoms with Gasteiger partial charge in [0.25, 0.3) is 0 Å². The highest BCUT2D eigenvalue weighted by Crippen LogP contribution is 2.29. The quantitative estimate of drug-likeness (QED) is 0.923. The number of hydrogen-bond donors (Lipinski definition) is 1. The van der Waals surface area contributed by atoms with E-state index in [1.165, 1.54) is 0 Å². The van der Waals surface area contributed by atoms with Gasteiger partial charge in [-0.1, -0.05) is 28.1 Å². The number of aromatic carboxylic acids is 1. The van der Waals surface area contributed by atoms with Crippen LogP contribution < -0.4 is 0 Å². The Kier molecular flexibility index (Phi) is 3.14. The third-order valence-corrected chi connectivity index (χ3v) is 3.96. The fourth-order valence-corrected chi connectivity index (χ4v) is 2.81. The summed E-state index contributed by atoms with van der Waals surface area (Å²) in [6.07, 6.45) is 3.00. The summed E-state index contributed by atoms with van der Waals surface area (Å²) < 4.78 is 2.85. The molecule has 1 aliphatic rings. The Bertz CT molecular complexity index is 632. The first-order valence-electron chi connectivity index (χ1n) is 6.25. The maximum absolute atomic E-state index is 11.3. The van der Waals surface area contributed by atoms with Gasteiger partial charge in [0.05, 0.1) is 5.69 Å². The van der Waals surface area contributed by atoms with Crippen LogP contribution >= 0.6 is 15.9 Å². The summed E-state index contributed by atoms with van der Waals surface area (Å²) >= 11 is 3.40. The first-order chi connectivity index (χ1) is 9.16. The highest BCUT2D eigenvalue weighted by atomic mass is 79.9. The number of carboxylic acids is 1. The molecule has 0 fully saturated rings. The van der Waals surface area contributed by atoms with E-state index < -0.39 is 5.97 Å². The highest BCUT2D eigenvalue weighted by Gasteiger charge is 2.24. The molecule has 0 aliphatic carbocycles. The molecule has 3 rings (SSSR count). The molecule has 0 unspecified atom stereocenters. The zero-order valence-electron chi connectivity index (χ0n) is 10.3. The summed E-state index contributed by atoms with van der Waals surface area (Å²) in [5.74, 6) is -0.792. The van der Waals surface area contributed by atoms with Gasteiger partial charge in [-0.2, -0.15) is 0 Å². The zero-order chi connectivity index (χ0) is 13.4. The van der Waals surface area contributed by atoms with Crippen molar-refractivity contribution >= 4 is 21.9 Å². The van der Waals surface area contributed by atoms with E-state index in [4.69, 9.17) is 0 Å². The Morgan fingerprint density at radius 2 is 2.00 bits per heavy atom. The van der Waals surface area contributed by atoms with Crippen molar-refractivity contribution in [1.29, 1.82) is 0 Å². The van der Waals surface area contributed by atoms with Gasteiger partial charge in [-0.3, -0.25) is 0 Å². The molecule has 0 atom stereocenters. The van der Waals surface area contributed by atoms with Gasteiger partial charge in [-0.05, 0) is 31.4 Å². The molecule has 0 spiro atoms. The van der Waals surface area contributed by atoms with E-state index >= 15 is 0 Å². The molecule has 0 amide bonds. The first kappa shape index (κ1) is 12.4. The van der Waals surface area contributed by atoms with Crippen LogP contribution in [0.3, 0.4) is 0 Å². The molecule has 4 nitrogen and oxygen atoms in total. The van der Waals surface area contributed by atoms with Crippen molar-refractivity contribution in [3.63, 3.8) is 0 Å². The third-order valence-electron chi connectivity index (χ3n) is 3.43. The van der Waals surface area contributed by atoms with Crippen LogP contribution in [0.4, 0.5) is 0 Å². The van der Waals surface area contributed by atoms with Gasteiger partial charge in [-0.25, -0.2) is 9.78 Å². The number of fused-ring (bicyclic) bond motifs is 1. The SMILES string of the molecule is O=C(O)c1nc(-c2ccc(Br)cc2)c2n1CCCC2. The molecule has 1 N–H and O–H groups in total. The summed E-state index contributed by atoms with van der Waals surface area (Å²) in [5, 5.41) is 9.25. The van der Waals surface area contributed by atoms with E-state index in [0.29, 0.717) is 0 Å². The molecule has 1 aliphatic heterocycles. The van der Waals surface area contributed by atoms with Crippen molar-refractivity contribution in [1.82, 2.24) is 9.55 Å². The number of hydrogen-bond acceptors (Lipinski definition) is 2. The second kappa shape index (κ2) is 4.81. The second-order valence-electron chi connectivity index (χ2n) is 4.65. The summed E-state index contributed by atoms with van der Waals surface area (Å²) in [7, 11) is 0. The number of carboxylic acid groups (broad SMARTS) is 1. The molecule has 0 bridgehead atoms. The van der Waals surface area contributed by atoms with Crippen molar-refractivity contribution in [2.75, 3.05) is 0 Å². The molecular formula is C14H13BrN2O2. The van der Waals surface area contributed by atoms with Crippen LogP contribution in [-0.4, -0.2) is 20.6 Å². The summed E-state index contributed by atoms with van der Waals surface area (Å²) in [4.78, 5) is 15.6. The number of nitrogens with zero attached hydrogens (tertiary/aromatic N) is 2. The predicted octanol–water partition coefficient (Wildman–Crippen LogP) is 3.35. The van der Waals surface area contributed by atoms with Crippen molar-refractivity contribution in [2.24, 2.45) is 0 Å². The van der Waals surface area contributed by atoms with E-state index in [1.54, 1.807) is 0 Å².